The third kappa shape index (κ3) is 12.7. The van der Waals surface area contributed by atoms with Crippen molar-refractivity contribution in [3.05, 3.63) is 166 Å². The largest absolute Gasteiger partial charge is 2.00 e. The van der Waals surface area contributed by atoms with E-state index in [-0.39, 0.29) is 92.8 Å². The molecule has 0 bridgehead atoms. The summed E-state index contributed by atoms with van der Waals surface area (Å²) in [5.41, 5.74) is 0.0732. The molecule has 8 rings (SSSR count). The maximum atomic E-state index is 13.3. The normalized spacial score (nSPS) is 11.5. The van der Waals surface area contributed by atoms with Crippen LogP contribution in [0.2, 0.25) is 10.0 Å². The van der Waals surface area contributed by atoms with Crippen molar-refractivity contribution < 1.29 is 55.2 Å². The summed E-state index contributed by atoms with van der Waals surface area (Å²) in [5.74, 6) is -1.23. The van der Waals surface area contributed by atoms with Crippen molar-refractivity contribution in [2.45, 2.75) is 23.6 Å². The third-order valence-corrected chi connectivity index (χ3v) is 13.7. The number of methoxy groups -OCH3 is 2. The number of hydrogen-bond acceptors (Lipinski definition) is 15. The number of benzene rings is 8. The van der Waals surface area contributed by atoms with Gasteiger partial charge in [0.25, 0.3) is 21.9 Å². The molecule has 23 heteroatoms. The molecule has 8 aromatic carbocycles. The van der Waals surface area contributed by atoms with Crippen LogP contribution in [0.15, 0.2) is 164 Å². The number of azo groups is 2. The van der Waals surface area contributed by atoms with Crippen molar-refractivity contribution in [1.29, 1.82) is 0 Å². The number of nitrogens with zero attached hydrogens (tertiary/aromatic N) is 4. The Morgan fingerprint density at radius 1 is 0.589 bits per heavy atom. The number of aromatic hydroxyl groups is 1. The first-order valence-corrected chi connectivity index (χ1v) is 24.5. The molecule has 0 aromatic heterocycles. The van der Waals surface area contributed by atoms with Crippen molar-refractivity contribution in [3.63, 3.8) is 0 Å². The van der Waals surface area contributed by atoms with E-state index in [0.717, 1.165) is 0 Å². The van der Waals surface area contributed by atoms with E-state index in [1.165, 1.54) is 64.5 Å². The first kappa shape index (κ1) is 55.6. The Bertz CT molecular complexity index is 3490. The molecule has 2 amide bonds. The summed E-state index contributed by atoms with van der Waals surface area (Å²) in [6.45, 7) is 2.78. The molecule has 73 heavy (non-hydrogen) atoms. The zero-order valence-electron chi connectivity index (χ0n) is 38.7. The van der Waals surface area contributed by atoms with Gasteiger partial charge in [0.1, 0.15) is 43.6 Å². The molecule has 0 aliphatic rings. The molecule has 0 saturated heterocycles. The van der Waals surface area contributed by atoms with Crippen molar-refractivity contribution in [3.8, 4) is 23.0 Å². The Morgan fingerprint density at radius 3 is 1.47 bits per heavy atom. The van der Waals surface area contributed by atoms with E-state index in [0.29, 0.717) is 44.4 Å². The predicted molar refractivity (Wildman–Crippen MR) is 275 cm³/mol. The molecule has 368 valence electrons. The number of phenols is 1. The summed E-state index contributed by atoms with van der Waals surface area (Å²) < 4.78 is 79.3. The van der Waals surface area contributed by atoms with Crippen LogP contribution in [0.3, 0.4) is 0 Å². The third-order valence-electron chi connectivity index (χ3n) is 10.8. The van der Waals surface area contributed by atoms with E-state index in [9.17, 15) is 45.7 Å². The standard InChI is InChI=1S/2C25H20ClN3O6S.Ca/c2*1-14-20(26)11-12-21(24(14)36(32,33)34)28-29-22-18-6-4-3-5-15(18)13-19(23(22)30)25(31)27-16-7-9-17(35-2)10-8-16;/h2*3-13,30H,1-2H3,(H,27,31)(H,32,33,34);/q;;+2/p-2. The summed E-state index contributed by atoms with van der Waals surface area (Å²) in [5, 5.41) is 47.8. The topological polar surface area (TPSA) is 281 Å². The second-order valence-electron chi connectivity index (χ2n) is 15.4. The molecule has 0 radical (unpaired) electrons. The van der Waals surface area contributed by atoms with Gasteiger partial charge in [0.05, 0.1) is 30.4 Å². The number of carbonyl (C=O) groups excluding carboxylic acids is 2. The minimum Gasteiger partial charge on any atom is -0.870 e. The minimum atomic E-state index is -4.94. The molecule has 0 unspecified atom stereocenters. The Labute approximate surface area is 457 Å². The molecule has 4 N–H and O–H groups in total. The molecular weight excluding hydrogens is 1050 g/mol. The molecule has 0 heterocycles. The van der Waals surface area contributed by atoms with Crippen molar-refractivity contribution in [2.75, 3.05) is 24.9 Å². The number of phenolic OH excluding ortho intramolecular Hbond substituents is 1. The van der Waals surface area contributed by atoms with Crippen LogP contribution in [-0.4, -0.2) is 94.8 Å². The van der Waals surface area contributed by atoms with Crippen LogP contribution in [0, 0.1) is 13.8 Å². The van der Waals surface area contributed by atoms with Crippen LogP contribution >= 0.6 is 23.2 Å². The fourth-order valence-corrected chi connectivity index (χ4v) is 9.37. The van der Waals surface area contributed by atoms with Crippen LogP contribution in [0.5, 0.6) is 23.0 Å². The molecule has 18 nitrogen and oxygen atoms in total. The van der Waals surface area contributed by atoms with Gasteiger partial charge in [0.2, 0.25) is 0 Å². The SMILES string of the molecule is COc1ccc(NC(=O)c2cc3ccccc3c(N=Nc3ccc(Cl)c(C)c3S(=O)(=O)O)c2O)cc1.COc1ccc(NC(=O)c2cc3ccccc3c(N=Nc3ccc(Cl)c(C)c3S(=O)(=O)[O-])c2[O-])cc1.[Ca+2]. The van der Waals surface area contributed by atoms with E-state index >= 15 is 0 Å². The van der Waals surface area contributed by atoms with Crippen LogP contribution in [-0.2, 0) is 20.2 Å². The second-order valence-corrected chi connectivity index (χ2v) is 18.9. The molecule has 0 atom stereocenters. The second kappa shape index (κ2) is 23.4. The molecule has 0 spiro atoms. The quantitative estimate of drug-likeness (QED) is 0.0505. The van der Waals surface area contributed by atoms with Gasteiger partial charge >= 0.3 is 37.7 Å². The number of amides is 2. The number of fused-ring (bicyclic) bond motifs is 2. The number of rotatable bonds is 12. The monoisotopic (exact) mass is 1090 g/mol. The number of nitrogens with one attached hydrogen (secondary N) is 2. The van der Waals surface area contributed by atoms with Crippen LogP contribution in [0.1, 0.15) is 31.8 Å². The number of hydrogen-bond donors (Lipinski definition) is 4. The molecule has 0 fully saturated rings. The number of anilines is 2. The maximum absolute atomic E-state index is 13.3. The summed E-state index contributed by atoms with van der Waals surface area (Å²) >= 11 is 12.0. The Hall–Kier alpha value is -6.72. The van der Waals surface area contributed by atoms with E-state index in [1.54, 1.807) is 97.1 Å². The van der Waals surface area contributed by atoms with E-state index in [4.69, 9.17) is 32.7 Å². The zero-order valence-corrected chi connectivity index (χ0v) is 44.1. The predicted octanol–water partition coefficient (Wildman–Crippen LogP) is 11.5. The van der Waals surface area contributed by atoms with Crippen molar-refractivity contribution in [2.24, 2.45) is 20.5 Å². The fraction of sp³-hybridized carbons (Fsp3) is 0.0800. The van der Waals surface area contributed by atoms with Gasteiger partial charge in [-0.15, -0.1) is 15.3 Å². The molecule has 0 aliphatic heterocycles. The molecular formula is C50H38CaCl2N6O12S2. The van der Waals surface area contributed by atoms with Crippen molar-refractivity contribution >= 4 is 149 Å². The van der Waals surface area contributed by atoms with Gasteiger partial charge in [-0.2, -0.15) is 13.5 Å². The summed E-state index contributed by atoms with van der Waals surface area (Å²) in [6, 6.07) is 35.0. The smallest absolute Gasteiger partial charge is 0.870 e. The van der Waals surface area contributed by atoms with Crippen LogP contribution < -0.4 is 25.2 Å². The number of carbonyl (C=O) groups is 2. The van der Waals surface area contributed by atoms with E-state index in [2.05, 4.69) is 31.1 Å². The van der Waals surface area contributed by atoms with Gasteiger partial charge in [-0.25, -0.2) is 8.42 Å². The molecule has 0 aliphatic carbocycles. The van der Waals surface area contributed by atoms with Gasteiger partial charge < -0.3 is 34.9 Å². The first-order chi connectivity index (χ1) is 34.2. The van der Waals surface area contributed by atoms with Gasteiger partial charge in [-0.1, -0.05) is 77.5 Å². The first-order valence-electron chi connectivity index (χ1n) is 20.9. The van der Waals surface area contributed by atoms with Crippen LogP contribution in [0.4, 0.5) is 34.1 Å². The number of halogens is 2. The van der Waals surface area contributed by atoms with Crippen LogP contribution in [0.25, 0.3) is 21.5 Å². The average Bonchev–Trinajstić information content (AvgIpc) is 3.35. The van der Waals surface area contributed by atoms with Gasteiger partial charge in [0.15, 0.2) is 5.75 Å². The minimum absolute atomic E-state index is 0. The fourth-order valence-electron chi connectivity index (χ4n) is 7.23. The van der Waals surface area contributed by atoms with Gasteiger partial charge in [0, 0.05) is 37.8 Å². The maximum Gasteiger partial charge on any atom is 2.00 e. The zero-order chi connectivity index (χ0) is 52.1. The number of ether oxygens (including phenoxy) is 2. The Kier molecular flexibility index (Phi) is 17.8. The Balaban J connectivity index is 0.000000235. The van der Waals surface area contributed by atoms with Crippen molar-refractivity contribution in [1.82, 2.24) is 0 Å². The summed E-state index contributed by atoms with van der Waals surface area (Å²) in [7, 11) is -6.58. The Morgan fingerprint density at radius 2 is 1.00 bits per heavy atom. The molecule has 8 aromatic rings. The van der Waals surface area contributed by atoms with E-state index in [1.807, 2.05) is 0 Å². The average molecular weight is 1090 g/mol. The van der Waals surface area contributed by atoms with Gasteiger partial charge in [-0.3, -0.25) is 14.1 Å². The summed E-state index contributed by atoms with van der Waals surface area (Å²) in [4.78, 5) is 24.9. The van der Waals surface area contributed by atoms with Gasteiger partial charge in [-0.05, 0) is 121 Å². The van der Waals surface area contributed by atoms with E-state index < -0.39 is 53.3 Å². The summed E-state index contributed by atoms with van der Waals surface area (Å²) in [6.07, 6.45) is 0. The molecule has 0 saturated carbocycles.